The van der Waals surface area contributed by atoms with E-state index in [1.165, 1.54) is 0 Å². The summed E-state index contributed by atoms with van der Waals surface area (Å²) >= 11 is 0. The average Bonchev–Trinajstić information content (AvgIpc) is 2.48. The smallest absolute Gasteiger partial charge is 0.234 e. The molecular weight excluding hydrogens is 250 g/mol. The summed E-state index contributed by atoms with van der Waals surface area (Å²) in [6, 6.07) is 19.4. The maximum Gasteiger partial charge on any atom is 0.234 e. The fraction of sp³-hybridized carbons (Fsp3) is 0.176. The van der Waals surface area contributed by atoms with E-state index >= 15 is 0 Å². The van der Waals surface area contributed by atoms with Crippen LogP contribution in [0.15, 0.2) is 60.7 Å². The molecule has 1 N–H and O–H groups in total. The van der Waals surface area contributed by atoms with Gasteiger partial charge in [-0.15, -0.1) is 0 Å². The molecule has 3 nitrogen and oxygen atoms in total. The Morgan fingerprint density at radius 1 is 0.800 bits per heavy atom. The van der Waals surface area contributed by atoms with Crippen molar-refractivity contribution in [2.45, 2.75) is 18.3 Å². The number of carbonyl (C=O) groups excluding carboxylic acids is 2. The molecule has 100 valence electrons. The summed E-state index contributed by atoms with van der Waals surface area (Å²) in [6.07, 6.45) is 0.343. The highest BCUT2D eigenvalue weighted by atomic mass is 16.2. The molecule has 0 aromatic heterocycles. The molecule has 0 bridgehead atoms. The number of nitrogens with one attached hydrogen (secondary N) is 1. The van der Waals surface area contributed by atoms with Crippen LogP contribution in [0.2, 0.25) is 0 Å². The van der Waals surface area contributed by atoms with E-state index in [1.54, 1.807) is 0 Å². The number of imide groups is 1. The van der Waals surface area contributed by atoms with E-state index in [-0.39, 0.29) is 23.7 Å². The van der Waals surface area contributed by atoms with Crippen LogP contribution < -0.4 is 5.32 Å². The third-order valence-electron chi connectivity index (χ3n) is 3.74. The molecule has 0 saturated carbocycles. The summed E-state index contributed by atoms with van der Waals surface area (Å²) in [5.74, 6) is -0.812. The van der Waals surface area contributed by atoms with E-state index in [2.05, 4.69) is 5.32 Å². The molecule has 0 aliphatic carbocycles. The molecule has 1 aliphatic heterocycles. The number of hydrogen-bond donors (Lipinski definition) is 1. The van der Waals surface area contributed by atoms with E-state index in [9.17, 15) is 9.59 Å². The molecule has 20 heavy (non-hydrogen) atoms. The zero-order chi connectivity index (χ0) is 13.9. The van der Waals surface area contributed by atoms with E-state index in [1.807, 2.05) is 60.7 Å². The van der Waals surface area contributed by atoms with Crippen LogP contribution in [0, 0.1) is 0 Å². The lowest BCUT2D eigenvalue weighted by atomic mass is 9.76. The van der Waals surface area contributed by atoms with E-state index in [4.69, 9.17) is 0 Å². The van der Waals surface area contributed by atoms with Gasteiger partial charge in [-0.2, -0.15) is 0 Å². The lowest BCUT2D eigenvalue weighted by Crippen LogP contribution is -2.43. The second kappa shape index (κ2) is 5.29. The first kappa shape index (κ1) is 12.6. The van der Waals surface area contributed by atoms with Crippen molar-refractivity contribution in [3.05, 3.63) is 71.8 Å². The van der Waals surface area contributed by atoms with Crippen LogP contribution in [0.25, 0.3) is 0 Å². The predicted molar refractivity (Wildman–Crippen MR) is 76.1 cm³/mol. The van der Waals surface area contributed by atoms with Gasteiger partial charge in [0.1, 0.15) is 0 Å². The molecule has 2 aromatic rings. The Labute approximate surface area is 117 Å². The van der Waals surface area contributed by atoms with Crippen LogP contribution in [-0.2, 0) is 9.59 Å². The lowest BCUT2D eigenvalue weighted by Gasteiger charge is -2.30. The number of hydrogen-bond acceptors (Lipinski definition) is 2. The number of carbonyl (C=O) groups is 2. The fourth-order valence-electron chi connectivity index (χ4n) is 2.82. The van der Waals surface area contributed by atoms with Gasteiger partial charge in [0.15, 0.2) is 0 Å². The van der Waals surface area contributed by atoms with Crippen molar-refractivity contribution in [2.75, 3.05) is 0 Å². The third-order valence-corrected chi connectivity index (χ3v) is 3.74. The third kappa shape index (κ3) is 2.35. The van der Waals surface area contributed by atoms with E-state index < -0.39 is 0 Å². The number of amides is 2. The standard InChI is InChI=1S/C17H15NO2/c19-15-11-14(12-7-3-1-4-8-12)16(17(20)18-15)13-9-5-2-6-10-13/h1-10,14,16H,11H2,(H,18,19,20). The van der Waals surface area contributed by atoms with Crippen LogP contribution in [0.5, 0.6) is 0 Å². The Morgan fingerprint density at radius 3 is 1.95 bits per heavy atom. The highest BCUT2D eigenvalue weighted by molar-refractivity contribution is 6.02. The van der Waals surface area contributed by atoms with Gasteiger partial charge in [-0.25, -0.2) is 0 Å². The van der Waals surface area contributed by atoms with Crippen molar-refractivity contribution in [2.24, 2.45) is 0 Å². The largest absolute Gasteiger partial charge is 0.296 e. The van der Waals surface area contributed by atoms with E-state index in [0.29, 0.717) is 6.42 Å². The average molecular weight is 265 g/mol. The molecule has 3 heteroatoms. The Hall–Kier alpha value is -2.42. The molecule has 0 spiro atoms. The SMILES string of the molecule is O=C1CC(c2ccccc2)C(c2ccccc2)C(=O)N1. The zero-order valence-corrected chi connectivity index (χ0v) is 11.0. The molecule has 1 saturated heterocycles. The van der Waals surface area contributed by atoms with Gasteiger partial charge in [0.2, 0.25) is 11.8 Å². The molecule has 2 aromatic carbocycles. The van der Waals surface area contributed by atoms with Crippen molar-refractivity contribution in [1.82, 2.24) is 5.32 Å². The minimum atomic E-state index is -0.309. The highest BCUT2D eigenvalue weighted by Gasteiger charge is 2.37. The first-order chi connectivity index (χ1) is 9.75. The number of benzene rings is 2. The van der Waals surface area contributed by atoms with Gasteiger partial charge < -0.3 is 0 Å². The van der Waals surface area contributed by atoms with Crippen LogP contribution >= 0.6 is 0 Å². The minimum Gasteiger partial charge on any atom is -0.296 e. The maximum atomic E-state index is 12.3. The Bertz CT molecular complexity index is 622. The lowest BCUT2D eigenvalue weighted by molar-refractivity contribution is -0.135. The summed E-state index contributed by atoms with van der Waals surface area (Å²) < 4.78 is 0. The second-order valence-electron chi connectivity index (χ2n) is 5.02. The molecule has 3 rings (SSSR count). The molecule has 2 atom stereocenters. The monoisotopic (exact) mass is 265 g/mol. The highest BCUT2D eigenvalue weighted by Crippen LogP contribution is 2.38. The molecule has 2 unspecified atom stereocenters. The topological polar surface area (TPSA) is 46.2 Å². The van der Waals surface area contributed by atoms with Gasteiger partial charge in [0.25, 0.3) is 0 Å². The molecule has 2 amide bonds. The fourth-order valence-corrected chi connectivity index (χ4v) is 2.82. The maximum absolute atomic E-state index is 12.3. The molecule has 1 fully saturated rings. The van der Waals surface area contributed by atoms with Crippen LogP contribution in [0.1, 0.15) is 29.4 Å². The van der Waals surface area contributed by atoms with Crippen LogP contribution in [0.4, 0.5) is 0 Å². The summed E-state index contributed by atoms with van der Waals surface area (Å²) in [7, 11) is 0. The summed E-state index contributed by atoms with van der Waals surface area (Å²) in [4.78, 5) is 24.0. The molecule has 1 heterocycles. The first-order valence-corrected chi connectivity index (χ1v) is 6.69. The van der Waals surface area contributed by atoms with Crippen LogP contribution in [-0.4, -0.2) is 11.8 Å². The molecule has 0 radical (unpaired) electrons. The summed E-state index contributed by atoms with van der Waals surface area (Å²) in [6.45, 7) is 0. The van der Waals surface area contributed by atoms with Gasteiger partial charge >= 0.3 is 0 Å². The molecular formula is C17H15NO2. The zero-order valence-electron chi connectivity index (χ0n) is 11.0. The van der Waals surface area contributed by atoms with Gasteiger partial charge in [-0.05, 0) is 11.1 Å². The van der Waals surface area contributed by atoms with Crippen molar-refractivity contribution in [3.63, 3.8) is 0 Å². The molecule has 1 aliphatic rings. The Morgan fingerprint density at radius 2 is 1.35 bits per heavy atom. The van der Waals surface area contributed by atoms with Crippen molar-refractivity contribution in [1.29, 1.82) is 0 Å². The van der Waals surface area contributed by atoms with Gasteiger partial charge in [-0.1, -0.05) is 60.7 Å². The minimum absolute atomic E-state index is 0.0974. The number of piperidine rings is 1. The summed E-state index contributed by atoms with van der Waals surface area (Å²) in [5, 5.41) is 2.45. The second-order valence-corrected chi connectivity index (χ2v) is 5.02. The quantitative estimate of drug-likeness (QED) is 0.848. The van der Waals surface area contributed by atoms with Crippen molar-refractivity contribution < 1.29 is 9.59 Å². The number of rotatable bonds is 2. The van der Waals surface area contributed by atoms with E-state index in [0.717, 1.165) is 11.1 Å². The van der Waals surface area contributed by atoms with Gasteiger partial charge in [-0.3, -0.25) is 14.9 Å². The Balaban J connectivity index is 2.03. The van der Waals surface area contributed by atoms with Crippen LogP contribution in [0.3, 0.4) is 0 Å². The van der Waals surface area contributed by atoms with Gasteiger partial charge in [0.05, 0.1) is 5.92 Å². The summed E-state index contributed by atoms with van der Waals surface area (Å²) in [5.41, 5.74) is 1.98. The predicted octanol–water partition coefficient (Wildman–Crippen LogP) is 2.60. The van der Waals surface area contributed by atoms with Crippen molar-refractivity contribution >= 4 is 11.8 Å². The normalized spacial score (nSPS) is 22.4. The first-order valence-electron chi connectivity index (χ1n) is 6.69. The van der Waals surface area contributed by atoms with Crippen molar-refractivity contribution in [3.8, 4) is 0 Å². The Kier molecular flexibility index (Phi) is 3.33. The van der Waals surface area contributed by atoms with Gasteiger partial charge in [0, 0.05) is 12.3 Å².